The van der Waals surface area contributed by atoms with Crippen molar-refractivity contribution in [3.63, 3.8) is 0 Å². The maximum absolute atomic E-state index is 12.4. The summed E-state index contributed by atoms with van der Waals surface area (Å²) < 4.78 is 11.1. The number of amides is 2. The van der Waals surface area contributed by atoms with Gasteiger partial charge in [-0.05, 0) is 60.7 Å². The monoisotopic (exact) mass is 499 g/mol. The molecule has 1 aliphatic heterocycles. The number of hydrazone groups is 1. The van der Waals surface area contributed by atoms with Crippen molar-refractivity contribution >= 4 is 47.4 Å². The van der Waals surface area contributed by atoms with Gasteiger partial charge in [0.15, 0.2) is 11.5 Å². The Labute approximate surface area is 206 Å². The molecule has 34 heavy (non-hydrogen) atoms. The Morgan fingerprint density at radius 3 is 2.76 bits per heavy atom. The molecule has 176 valence electrons. The van der Waals surface area contributed by atoms with Crippen LogP contribution in [0.4, 0.5) is 0 Å². The Bertz CT molecular complexity index is 1160. The molecule has 0 saturated carbocycles. The summed E-state index contributed by atoms with van der Waals surface area (Å²) in [6.45, 7) is 1.92. The second-order valence-electron chi connectivity index (χ2n) is 6.81. The molecule has 2 aromatic carbocycles. The summed E-state index contributed by atoms with van der Waals surface area (Å²) in [6, 6.07) is 11.3. The van der Waals surface area contributed by atoms with Gasteiger partial charge >= 0.3 is 5.97 Å². The number of benzene rings is 2. The fraction of sp³-hybridized carbons (Fsp3) is 0.167. The van der Waals surface area contributed by atoms with Gasteiger partial charge in [0.25, 0.3) is 11.8 Å². The van der Waals surface area contributed by atoms with Gasteiger partial charge in [-0.25, -0.2) is 10.2 Å². The molecule has 10 heteroatoms. The molecule has 3 rings (SSSR count). The van der Waals surface area contributed by atoms with Crippen LogP contribution in [0.5, 0.6) is 11.5 Å². The van der Waals surface area contributed by atoms with Crippen LogP contribution in [-0.2, 0) is 9.59 Å². The van der Waals surface area contributed by atoms with Gasteiger partial charge in [0.05, 0.1) is 24.3 Å². The van der Waals surface area contributed by atoms with Crippen LogP contribution in [-0.4, -0.2) is 37.1 Å². The van der Waals surface area contributed by atoms with E-state index < -0.39 is 17.8 Å². The second kappa shape index (κ2) is 12.6. The third kappa shape index (κ3) is 7.50. The highest BCUT2D eigenvalue weighted by Crippen LogP contribution is 2.31. The number of ether oxygens (including phenoxy) is 2. The molecule has 0 spiro atoms. The number of carbonyl (C=O) groups is 3. The molecule has 0 aliphatic carbocycles. The van der Waals surface area contributed by atoms with Crippen molar-refractivity contribution in [3.05, 3.63) is 81.1 Å². The number of nitrogens with zero attached hydrogens (tertiary/aromatic N) is 1. The highest BCUT2D eigenvalue weighted by molar-refractivity contribution is 8.06. The highest BCUT2D eigenvalue weighted by atomic mass is 35.5. The van der Waals surface area contributed by atoms with Gasteiger partial charge in [-0.2, -0.15) is 5.10 Å². The zero-order valence-corrected chi connectivity index (χ0v) is 19.8. The molecular weight excluding hydrogens is 478 g/mol. The molecule has 0 saturated heterocycles. The molecule has 2 N–H and O–H groups in total. The van der Waals surface area contributed by atoms with Gasteiger partial charge in [0.2, 0.25) is 0 Å². The van der Waals surface area contributed by atoms with E-state index in [1.54, 1.807) is 42.5 Å². The highest BCUT2D eigenvalue weighted by Gasteiger charge is 2.16. The van der Waals surface area contributed by atoms with Crippen molar-refractivity contribution in [1.29, 1.82) is 0 Å². The van der Waals surface area contributed by atoms with E-state index in [1.807, 2.05) is 18.4 Å². The smallest absolute Gasteiger partial charge is 0.350 e. The number of hydrogen-bond acceptors (Lipinski definition) is 7. The molecule has 8 nitrogen and oxygen atoms in total. The van der Waals surface area contributed by atoms with Crippen LogP contribution in [0.2, 0.25) is 5.02 Å². The number of esters is 1. The van der Waals surface area contributed by atoms with Crippen molar-refractivity contribution in [2.45, 2.75) is 13.3 Å². The molecule has 0 bridgehead atoms. The van der Waals surface area contributed by atoms with Crippen molar-refractivity contribution < 1.29 is 23.9 Å². The summed E-state index contributed by atoms with van der Waals surface area (Å²) in [4.78, 5) is 36.9. The standard InChI is InChI=1S/C24H22ClN3O5S/c1-2-32-20-12-16(9-10-19(20)33-24(31)21-8-3-4-11-34-21)14-27-28-22(29)15-26-23(30)17-6-5-7-18(25)13-17/h4-14H,2-3,15H2,1H3,(H,26,30)(H,28,29)/b27-14+. The van der Waals surface area contributed by atoms with Gasteiger partial charge < -0.3 is 14.8 Å². The maximum Gasteiger partial charge on any atom is 0.350 e. The van der Waals surface area contributed by atoms with Crippen LogP contribution in [0.15, 0.2) is 70.0 Å². The minimum atomic E-state index is -0.505. The number of rotatable bonds is 9. The summed E-state index contributed by atoms with van der Waals surface area (Å²) in [5.74, 6) is -0.727. The van der Waals surface area contributed by atoms with Crippen LogP contribution in [0, 0.1) is 0 Å². The van der Waals surface area contributed by atoms with Gasteiger partial charge in [-0.1, -0.05) is 41.6 Å². The lowest BCUT2D eigenvalue weighted by molar-refractivity contribution is -0.129. The van der Waals surface area contributed by atoms with E-state index in [-0.39, 0.29) is 12.3 Å². The number of hydrogen-bond donors (Lipinski definition) is 2. The number of allylic oxidation sites excluding steroid dienone is 2. The molecule has 1 heterocycles. The van der Waals surface area contributed by atoms with Crippen molar-refractivity contribution in [3.8, 4) is 11.5 Å². The minimum Gasteiger partial charge on any atom is -0.490 e. The molecule has 0 radical (unpaired) electrons. The molecule has 2 aromatic rings. The average molecular weight is 500 g/mol. The van der Waals surface area contributed by atoms with E-state index in [4.69, 9.17) is 21.1 Å². The summed E-state index contributed by atoms with van der Waals surface area (Å²) in [5, 5.41) is 8.65. The summed E-state index contributed by atoms with van der Waals surface area (Å²) >= 11 is 7.16. The molecule has 2 amide bonds. The van der Waals surface area contributed by atoms with Gasteiger partial charge in [0.1, 0.15) is 0 Å². The summed E-state index contributed by atoms with van der Waals surface area (Å²) in [5.41, 5.74) is 3.30. The second-order valence-corrected chi connectivity index (χ2v) is 8.19. The lowest BCUT2D eigenvalue weighted by atomic mass is 10.2. The van der Waals surface area contributed by atoms with Gasteiger partial charge in [-0.15, -0.1) is 0 Å². The molecule has 0 fully saturated rings. The first-order chi connectivity index (χ1) is 16.5. The molecular formula is C24H22ClN3O5S. The lowest BCUT2D eigenvalue weighted by Gasteiger charge is -2.12. The van der Waals surface area contributed by atoms with E-state index >= 15 is 0 Å². The lowest BCUT2D eigenvalue weighted by Crippen LogP contribution is -2.34. The quantitative estimate of drug-likeness (QED) is 0.233. The number of carbonyl (C=O) groups excluding carboxylic acids is 3. The predicted octanol–water partition coefficient (Wildman–Crippen LogP) is 4.06. The minimum absolute atomic E-state index is 0.259. The molecule has 1 aliphatic rings. The van der Waals surface area contributed by atoms with E-state index in [0.29, 0.717) is 39.8 Å². The first kappa shape index (κ1) is 25.1. The number of nitrogens with one attached hydrogen (secondary N) is 2. The normalized spacial score (nSPS) is 12.7. The maximum atomic E-state index is 12.4. The molecule has 0 unspecified atom stereocenters. The third-order valence-electron chi connectivity index (χ3n) is 4.30. The molecule has 0 aromatic heterocycles. The Morgan fingerprint density at radius 1 is 1.18 bits per heavy atom. The van der Waals surface area contributed by atoms with Crippen molar-refractivity contribution in [2.24, 2.45) is 5.10 Å². The molecule has 0 atom stereocenters. The van der Waals surface area contributed by atoms with E-state index in [0.717, 1.165) is 0 Å². The Kier molecular flexibility index (Phi) is 9.30. The largest absolute Gasteiger partial charge is 0.490 e. The first-order valence-electron chi connectivity index (χ1n) is 10.3. The fourth-order valence-electron chi connectivity index (χ4n) is 2.75. The zero-order valence-electron chi connectivity index (χ0n) is 18.2. The Hall–Kier alpha value is -3.56. The van der Waals surface area contributed by atoms with Crippen LogP contribution >= 0.6 is 23.4 Å². The fourth-order valence-corrected chi connectivity index (χ4v) is 3.62. The van der Waals surface area contributed by atoms with E-state index in [1.165, 1.54) is 24.0 Å². The van der Waals surface area contributed by atoms with Crippen molar-refractivity contribution in [1.82, 2.24) is 10.7 Å². The average Bonchev–Trinajstić information content (AvgIpc) is 2.84. The van der Waals surface area contributed by atoms with Crippen LogP contribution < -0.4 is 20.2 Å². The SMILES string of the molecule is CCOc1cc(/C=N/NC(=O)CNC(=O)c2cccc(Cl)c2)ccc1OC(=O)C1=CCC=CS1. The third-order valence-corrected chi connectivity index (χ3v) is 5.45. The summed E-state index contributed by atoms with van der Waals surface area (Å²) in [6.07, 6.45) is 5.85. The first-order valence-corrected chi connectivity index (χ1v) is 11.6. The Balaban J connectivity index is 1.54. The number of halogens is 1. The topological polar surface area (TPSA) is 106 Å². The van der Waals surface area contributed by atoms with Gasteiger partial charge in [-0.3, -0.25) is 9.59 Å². The summed E-state index contributed by atoms with van der Waals surface area (Å²) in [7, 11) is 0. The van der Waals surface area contributed by atoms with E-state index in [2.05, 4.69) is 15.8 Å². The van der Waals surface area contributed by atoms with Crippen molar-refractivity contribution in [2.75, 3.05) is 13.2 Å². The number of thioether (sulfide) groups is 1. The zero-order chi connectivity index (χ0) is 24.3. The Morgan fingerprint density at radius 2 is 2.03 bits per heavy atom. The van der Waals surface area contributed by atoms with Gasteiger partial charge in [0, 0.05) is 10.6 Å². The van der Waals surface area contributed by atoms with Crippen LogP contribution in [0.3, 0.4) is 0 Å². The van der Waals surface area contributed by atoms with Crippen LogP contribution in [0.25, 0.3) is 0 Å². The van der Waals surface area contributed by atoms with Crippen LogP contribution in [0.1, 0.15) is 29.3 Å². The predicted molar refractivity (Wildman–Crippen MR) is 132 cm³/mol. The van der Waals surface area contributed by atoms with E-state index in [9.17, 15) is 14.4 Å².